The molecule has 0 aliphatic carbocycles. The summed E-state index contributed by atoms with van der Waals surface area (Å²) in [6, 6.07) is 8.30. The minimum Gasteiger partial charge on any atom is -0.369 e. The van der Waals surface area contributed by atoms with E-state index < -0.39 is 5.41 Å². The smallest absolute Gasteiger partial charge is 0.224 e. The molecular weight excluding hydrogens is 276 g/mol. The molecule has 22 heavy (non-hydrogen) atoms. The Hall–Kier alpha value is -2.04. The molecule has 0 aliphatic rings. The molecule has 0 aliphatic heterocycles. The van der Waals surface area contributed by atoms with Crippen molar-refractivity contribution in [3.8, 4) is 0 Å². The van der Waals surface area contributed by atoms with Gasteiger partial charge in [-0.25, -0.2) is 4.99 Å². The fourth-order valence-corrected chi connectivity index (χ4v) is 1.95. The Morgan fingerprint density at radius 2 is 1.82 bits per heavy atom. The predicted octanol–water partition coefficient (Wildman–Crippen LogP) is 1.82. The first-order chi connectivity index (χ1) is 10.4. The van der Waals surface area contributed by atoms with E-state index in [1.165, 1.54) is 11.1 Å². The highest BCUT2D eigenvalue weighted by Crippen LogP contribution is 2.12. The van der Waals surface area contributed by atoms with Crippen LogP contribution in [0.3, 0.4) is 0 Å². The average molecular weight is 304 g/mol. The van der Waals surface area contributed by atoms with Gasteiger partial charge in [0.15, 0.2) is 5.96 Å². The van der Waals surface area contributed by atoms with E-state index in [0.717, 1.165) is 13.0 Å². The molecular formula is C17H28N4O. The number of benzene rings is 1. The van der Waals surface area contributed by atoms with Crippen LogP contribution in [-0.2, 0) is 17.8 Å². The van der Waals surface area contributed by atoms with Crippen molar-refractivity contribution in [2.75, 3.05) is 13.1 Å². The molecule has 4 N–H and O–H groups in total. The fraction of sp³-hybridized carbons (Fsp3) is 0.529. The fourth-order valence-electron chi connectivity index (χ4n) is 1.95. The number of hydrogen-bond acceptors (Lipinski definition) is 2. The average Bonchev–Trinajstić information content (AvgIpc) is 2.50. The highest BCUT2D eigenvalue weighted by molar-refractivity contribution is 5.83. The molecule has 0 unspecified atom stereocenters. The van der Waals surface area contributed by atoms with E-state index in [9.17, 15) is 4.79 Å². The third kappa shape index (κ3) is 5.39. The molecule has 1 rings (SSSR count). The molecule has 122 valence electrons. The third-order valence-electron chi connectivity index (χ3n) is 3.62. The Kier molecular flexibility index (Phi) is 6.89. The van der Waals surface area contributed by atoms with Gasteiger partial charge in [-0.1, -0.05) is 31.2 Å². The van der Waals surface area contributed by atoms with Crippen LogP contribution in [0.25, 0.3) is 0 Å². The van der Waals surface area contributed by atoms with Gasteiger partial charge in [0.2, 0.25) is 5.91 Å². The Morgan fingerprint density at radius 1 is 1.18 bits per heavy atom. The van der Waals surface area contributed by atoms with Crippen LogP contribution in [0.1, 0.15) is 38.8 Å². The largest absolute Gasteiger partial charge is 0.369 e. The molecule has 5 nitrogen and oxygen atoms in total. The van der Waals surface area contributed by atoms with Crippen molar-refractivity contribution in [3.05, 3.63) is 35.4 Å². The zero-order valence-electron chi connectivity index (χ0n) is 14.1. The van der Waals surface area contributed by atoms with E-state index in [1.807, 2.05) is 32.9 Å². The minimum absolute atomic E-state index is 0.327. The van der Waals surface area contributed by atoms with Crippen LogP contribution in [0.5, 0.6) is 0 Å². The van der Waals surface area contributed by atoms with Gasteiger partial charge < -0.3 is 16.4 Å². The summed E-state index contributed by atoms with van der Waals surface area (Å²) in [6.45, 7) is 9.60. The molecule has 0 radical (unpaired) electrons. The summed E-state index contributed by atoms with van der Waals surface area (Å²) in [5.74, 6) is 0.370. The summed E-state index contributed by atoms with van der Waals surface area (Å²) in [5.41, 5.74) is 7.30. The lowest BCUT2D eigenvalue weighted by atomic mass is 9.93. The van der Waals surface area contributed by atoms with Crippen LogP contribution in [0.4, 0.5) is 0 Å². The Balaban J connectivity index is 2.75. The first-order valence-electron chi connectivity index (χ1n) is 7.79. The Labute approximate surface area is 133 Å². The first kappa shape index (κ1) is 18.0. The number of nitrogens with zero attached hydrogens (tertiary/aromatic N) is 1. The zero-order valence-corrected chi connectivity index (χ0v) is 14.1. The van der Waals surface area contributed by atoms with Crippen molar-refractivity contribution < 1.29 is 4.79 Å². The number of rotatable bonds is 7. The molecule has 0 saturated carbocycles. The number of amides is 1. The van der Waals surface area contributed by atoms with E-state index >= 15 is 0 Å². The van der Waals surface area contributed by atoms with E-state index in [1.54, 1.807) is 0 Å². The summed E-state index contributed by atoms with van der Waals surface area (Å²) < 4.78 is 0. The SMILES string of the molecule is CCNC(=NCc1ccccc1CC)NCC(C)(C)C(N)=O. The number of aryl methyl sites for hydroxylation is 1. The van der Waals surface area contributed by atoms with Gasteiger partial charge in [-0.3, -0.25) is 4.79 Å². The van der Waals surface area contributed by atoms with Gasteiger partial charge in [-0.2, -0.15) is 0 Å². The second-order valence-electron chi connectivity index (χ2n) is 5.92. The third-order valence-corrected chi connectivity index (χ3v) is 3.62. The molecule has 0 spiro atoms. The summed E-state index contributed by atoms with van der Waals surface area (Å²) in [5, 5.41) is 6.38. The van der Waals surface area contributed by atoms with E-state index in [-0.39, 0.29) is 5.91 Å². The summed E-state index contributed by atoms with van der Waals surface area (Å²) in [4.78, 5) is 16.0. The number of guanidine groups is 1. The first-order valence-corrected chi connectivity index (χ1v) is 7.79. The molecule has 0 saturated heterocycles. The maximum Gasteiger partial charge on any atom is 0.224 e. The molecule has 0 atom stereocenters. The topological polar surface area (TPSA) is 79.5 Å². The molecule has 0 fully saturated rings. The number of carbonyl (C=O) groups is 1. The number of hydrogen-bond donors (Lipinski definition) is 3. The summed E-state index contributed by atoms with van der Waals surface area (Å²) in [7, 11) is 0. The quantitative estimate of drug-likeness (QED) is 0.531. The summed E-state index contributed by atoms with van der Waals surface area (Å²) in [6.07, 6.45) is 0.990. The monoisotopic (exact) mass is 304 g/mol. The number of carbonyl (C=O) groups excluding carboxylic acids is 1. The van der Waals surface area contributed by atoms with Crippen molar-refractivity contribution in [1.29, 1.82) is 0 Å². The predicted molar refractivity (Wildman–Crippen MR) is 91.6 cm³/mol. The number of primary amides is 1. The molecule has 0 bridgehead atoms. The second kappa shape index (κ2) is 8.41. The number of nitrogens with one attached hydrogen (secondary N) is 2. The number of aliphatic imine (C=N–C) groups is 1. The van der Waals surface area contributed by atoms with E-state index in [2.05, 4.69) is 34.7 Å². The van der Waals surface area contributed by atoms with Gasteiger partial charge >= 0.3 is 0 Å². The van der Waals surface area contributed by atoms with Crippen molar-refractivity contribution in [3.63, 3.8) is 0 Å². The highest BCUT2D eigenvalue weighted by atomic mass is 16.1. The molecule has 1 aromatic rings. The number of nitrogens with two attached hydrogens (primary N) is 1. The maximum atomic E-state index is 11.4. The molecule has 0 heterocycles. The lowest BCUT2D eigenvalue weighted by Gasteiger charge is -2.22. The van der Waals surface area contributed by atoms with Crippen LogP contribution in [0, 0.1) is 5.41 Å². The van der Waals surface area contributed by atoms with Crippen LogP contribution < -0.4 is 16.4 Å². The van der Waals surface area contributed by atoms with Gasteiger partial charge in [-0.15, -0.1) is 0 Å². The molecule has 0 aromatic heterocycles. The van der Waals surface area contributed by atoms with Gasteiger partial charge in [-0.05, 0) is 38.3 Å². The second-order valence-corrected chi connectivity index (χ2v) is 5.92. The standard InChI is InChI=1S/C17H28N4O/c1-5-13-9-7-8-10-14(13)11-20-16(19-6-2)21-12-17(3,4)15(18)22/h7-10H,5-6,11-12H2,1-4H3,(H2,18,22)(H2,19,20,21). The highest BCUT2D eigenvalue weighted by Gasteiger charge is 2.24. The minimum atomic E-state index is -0.614. The normalized spacial score (nSPS) is 12.1. The van der Waals surface area contributed by atoms with Crippen molar-refractivity contribution >= 4 is 11.9 Å². The van der Waals surface area contributed by atoms with Gasteiger partial charge in [0.1, 0.15) is 0 Å². The van der Waals surface area contributed by atoms with Crippen LogP contribution in [0.2, 0.25) is 0 Å². The van der Waals surface area contributed by atoms with Gasteiger partial charge in [0.05, 0.1) is 12.0 Å². The Morgan fingerprint density at radius 3 is 2.36 bits per heavy atom. The molecule has 5 heteroatoms. The van der Waals surface area contributed by atoms with Gasteiger partial charge in [0, 0.05) is 13.1 Å². The van der Waals surface area contributed by atoms with Crippen LogP contribution in [-0.4, -0.2) is 25.0 Å². The lowest BCUT2D eigenvalue weighted by molar-refractivity contribution is -0.125. The molecule has 1 amide bonds. The summed E-state index contributed by atoms with van der Waals surface area (Å²) >= 11 is 0. The Bertz CT molecular complexity index is 523. The maximum absolute atomic E-state index is 11.4. The van der Waals surface area contributed by atoms with E-state index in [4.69, 9.17) is 5.73 Å². The van der Waals surface area contributed by atoms with Gasteiger partial charge in [0.25, 0.3) is 0 Å². The zero-order chi connectivity index (χ0) is 16.6. The molecule has 1 aromatic carbocycles. The lowest BCUT2D eigenvalue weighted by Crippen LogP contribution is -2.46. The van der Waals surface area contributed by atoms with Crippen molar-refractivity contribution in [1.82, 2.24) is 10.6 Å². The van der Waals surface area contributed by atoms with Crippen molar-refractivity contribution in [2.45, 2.75) is 40.7 Å². The van der Waals surface area contributed by atoms with Crippen molar-refractivity contribution in [2.24, 2.45) is 16.1 Å². The van der Waals surface area contributed by atoms with Crippen LogP contribution in [0.15, 0.2) is 29.3 Å². The van der Waals surface area contributed by atoms with Crippen LogP contribution >= 0.6 is 0 Å². The van der Waals surface area contributed by atoms with E-state index in [0.29, 0.717) is 19.0 Å².